The molecule has 2 aromatic rings. The Hall–Kier alpha value is -0.330. The molecular weight excluding hydrogens is 346 g/mol. The normalized spacial score (nSPS) is 10.9. The Labute approximate surface area is 107 Å². The average Bonchev–Trinajstić information content (AvgIpc) is 2.66. The van der Waals surface area contributed by atoms with Gasteiger partial charge in [-0.3, -0.25) is 0 Å². The summed E-state index contributed by atoms with van der Waals surface area (Å²) in [6.45, 7) is 2.16. The molecule has 0 radical (unpaired) electrons. The third kappa shape index (κ3) is 1.98. The number of hydrogen-bond acceptors (Lipinski definition) is 3. The van der Waals surface area contributed by atoms with Crippen LogP contribution in [-0.4, -0.2) is 17.6 Å². The van der Waals surface area contributed by atoms with Crippen molar-refractivity contribution in [3.8, 4) is 0 Å². The maximum atomic E-state index is 11.5. The van der Waals surface area contributed by atoms with Crippen molar-refractivity contribution >= 4 is 59.4 Å². The van der Waals surface area contributed by atoms with E-state index in [1.165, 1.54) is 0 Å². The fourth-order valence-corrected chi connectivity index (χ4v) is 3.48. The lowest BCUT2D eigenvalue weighted by Crippen LogP contribution is -2.05. The highest BCUT2D eigenvalue weighted by Crippen LogP contribution is 2.36. The summed E-state index contributed by atoms with van der Waals surface area (Å²) in [6, 6.07) is 1.96. The van der Waals surface area contributed by atoms with Gasteiger partial charge in [-0.15, -0.1) is 11.3 Å². The number of ether oxygens (including phenoxy) is 1. The predicted molar refractivity (Wildman–Crippen MR) is 67.5 cm³/mol. The van der Waals surface area contributed by atoms with Crippen LogP contribution in [0.4, 0.5) is 0 Å². The van der Waals surface area contributed by atoms with Crippen molar-refractivity contribution in [2.24, 2.45) is 0 Å². The van der Waals surface area contributed by atoms with Gasteiger partial charge in [0, 0.05) is 5.39 Å². The lowest BCUT2D eigenvalue weighted by atomic mass is 10.3. The molecule has 0 saturated carbocycles. The number of aromatic amines is 1. The molecule has 3 nitrogen and oxygen atoms in total. The molecule has 0 atom stereocenters. The zero-order valence-electron chi connectivity index (χ0n) is 7.77. The topological polar surface area (TPSA) is 42.1 Å². The molecule has 0 aliphatic rings. The quantitative estimate of drug-likeness (QED) is 0.832. The molecule has 0 unspecified atom stereocenters. The van der Waals surface area contributed by atoms with Gasteiger partial charge in [-0.25, -0.2) is 4.79 Å². The molecule has 0 aromatic carbocycles. The number of aromatic nitrogens is 1. The summed E-state index contributed by atoms with van der Waals surface area (Å²) in [5, 5.41) is 0.995. The summed E-state index contributed by atoms with van der Waals surface area (Å²) in [7, 11) is 0. The van der Waals surface area contributed by atoms with E-state index in [0.29, 0.717) is 12.3 Å². The van der Waals surface area contributed by atoms with Crippen LogP contribution < -0.4 is 0 Å². The van der Waals surface area contributed by atoms with Crippen molar-refractivity contribution in [1.82, 2.24) is 4.98 Å². The van der Waals surface area contributed by atoms with E-state index in [4.69, 9.17) is 4.74 Å². The molecule has 15 heavy (non-hydrogen) atoms. The second-order valence-corrected chi connectivity index (χ2v) is 6.05. The Morgan fingerprint density at radius 1 is 1.60 bits per heavy atom. The average molecular weight is 353 g/mol. The van der Waals surface area contributed by atoms with E-state index in [-0.39, 0.29) is 5.97 Å². The van der Waals surface area contributed by atoms with E-state index < -0.39 is 0 Å². The number of halogens is 2. The molecule has 0 fully saturated rings. The summed E-state index contributed by atoms with van der Waals surface area (Å²) in [5.74, 6) is -0.330. The van der Waals surface area contributed by atoms with Gasteiger partial charge in [0.25, 0.3) is 0 Å². The summed E-state index contributed by atoms with van der Waals surface area (Å²) in [4.78, 5) is 15.5. The second kappa shape index (κ2) is 4.27. The molecule has 80 valence electrons. The molecule has 0 saturated heterocycles. The van der Waals surface area contributed by atoms with Gasteiger partial charge in [-0.05, 0) is 44.8 Å². The molecule has 2 aromatic heterocycles. The van der Waals surface area contributed by atoms with Crippen molar-refractivity contribution in [2.75, 3.05) is 6.61 Å². The van der Waals surface area contributed by atoms with Crippen molar-refractivity contribution in [1.29, 1.82) is 0 Å². The third-order valence-electron chi connectivity index (χ3n) is 1.88. The van der Waals surface area contributed by atoms with Crippen LogP contribution in [0.15, 0.2) is 14.3 Å². The largest absolute Gasteiger partial charge is 0.461 e. The summed E-state index contributed by atoms with van der Waals surface area (Å²) < 4.78 is 6.72. The van der Waals surface area contributed by atoms with Crippen LogP contribution in [-0.2, 0) is 4.74 Å². The van der Waals surface area contributed by atoms with E-state index in [9.17, 15) is 4.79 Å². The number of hydrogen-bond donors (Lipinski definition) is 1. The molecule has 6 heteroatoms. The van der Waals surface area contributed by atoms with Crippen LogP contribution in [0.2, 0.25) is 0 Å². The number of rotatable bonds is 2. The fraction of sp³-hybridized carbons (Fsp3) is 0.222. The van der Waals surface area contributed by atoms with Gasteiger partial charge in [0.15, 0.2) is 0 Å². The van der Waals surface area contributed by atoms with Gasteiger partial charge in [-0.2, -0.15) is 0 Å². The predicted octanol–water partition coefficient (Wildman–Crippen LogP) is 3.93. The van der Waals surface area contributed by atoms with Crippen LogP contribution in [0.5, 0.6) is 0 Å². The fourth-order valence-electron chi connectivity index (χ4n) is 1.26. The van der Waals surface area contributed by atoms with Gasteiger partial charge >= 0.3 is 5.97 Å². The molecule has 2 heterocycles. The number of esters is 1. The smallest absolute Gasteiger partial charge is 0.355 e. The van der Waals surface area contributed by atoms with Crippen molar-refractivity contribution < 1.29 is 9.53 Å². The number of fused-ring (bicyclic) bond motifs is 1. The minimum atomic E-state index is -0.330. The SMILES string of the molecule is CCOC(=O)c1[nH]c2sc(Br)cc2c1Br. The number of carbonyl (C=O) groups excluding carboxylic acids is 1. The summed E-state index contributed by atoms with van der Waals surface area (Å²) >= 11 is 8.33. The monoisotopic (exact) mass is 351 g/mol. The van der Waals surface area contributed by atoms with Crippen molar-refractivity contribution in [3.05, 3.63) is 20.0 Å². The molecule has 0 spiro atoms. The minimum absolute atomic E-state index is 0.330. The Morgan fingerprint density at radius 3 is 2.93 bits per heavy atom. The van der Waals surface area contributed by atoms with E-state index in [1.807, 2.05) is 6.07 Å². The summed E-state index contributed by atoms with van der Waals surface area (Å²) in [6.07, 6.45) is 0. The van der Waals surface area contributed by atoms with Gasteiger partial charge in [0.1, 0.15) is 10.5 Å². The van der Waals surface area contributed by atoms with Crippen LogP contribution in [0.1, 0.15) is 17.4 Å². The van der Waals surface area contributed by atoms with E-state index >= 15 is 0 Å². The molecule has 2 rings (SSSR count). The van der Waals surface area contributed by atoms with Gasteiger partial charge in [-0.1, -0.05) is 0 Å². The highest BCUT2D eigenvalue weighted by molar-refractivity contribution is 9.11. The number of carbonyl (C=O) groups is 1. The minimum Gasteiger partial charge on any atom is -0.461 e. The molecule has 1 N–H and O–H groups in total. The Morgan fingerprint density at radius 2 is 2.33 bits per heavy atom. The van der Waals surface area contributed by atoms with E-state index in [1.54, 1.807) is 18.3 Å². The third-order valence-corrected chi connectivity index (χ3v) is 4.25. The summed E-state index contributed by atoms with van der Waals surface area (Å²) in [5.41, 5.74) is 0.477. The van der Waals surface area contributed by atoms with Gasteiger partial charge in [0.2, 0.25) is 0 Å². The Balaban J connectivity index is 2.49. The van der Waals surface area contributed by atoms with Crippen molar-refractivity contribution in [2.45, 2.75) is 6.92 Å². The van der Waals surface area contributed by atoms with Crippen LogP contribution in [0, 0.1) is 0 Å². The zero-order valence-corrected chi connectivity index (χ0v) is 11.8. The molecular formula is C9H7Br2NO2S. The van der Waals surface area contributed by atoms with E-state index in [0.717, 1.165) is 18.5 Å². The van der Waals surface area contributed by atoms with E-state index in [2.05, 4.69) is 36.8 Å². The molecule has 0 bridgehead atoms. The Kier molecular flexibility index (Phi) is 3.18. The number of H-pyrrole nitrogens is 1. The van der Waals surface area contributed by atoms with Gasteiger partial charge in [0.05, 0.1) is 14.9 Å². The standard InChI is InChI=1S/C9H7Br2NO2S/c1-2-14-9(13)7-6(11)4-3-5(10)15-8(4)12-7/h3,12H,2H2,1H3. The molecule has 0 amide bonds. The van der Waals surface area contributed by atoms with Crippen LogP contribution >= 0.6 is 43.2 Å². The first-order valence-electron chi connectivity index (χ1n) is 4.27. The number of thiophene rings is 1. The molecule has 0 aliphatic carbocycles. The first-order valence-corrected chi connectivity index (χ1v) is 6.67. The van der Waals surface area contributed by atoms with Crippen molar-refractivity contribution in [3.63, 3.8) is 0 Å². The van der Waals surface area contributed by atoms with Gasteiger partial charge < -0.3 is 9.72 Å². The molecule has 0 aliphatic heterocycles. The maximum Gasteiger partial charge on any atom is 0.355 e. The lowest BCUT2D eigenvalue weighted by Gasteiger charge is -1.98. The maximum absolute atomic E-state index is 11.5. The first kappa shape index (κ1) is 11.2. The number of nitrogens with one attached hydrogen (secondary N) is 1. The van der Waals surface area contributed by atoms with Crippen LogP contribution in [0.25, 0.3) is 10.2 Å². The lowest BCUT2D eigenvalue weighted by molar-refractivity contribution is 0.0519. The Bertz CT molecular complexity index is 517. The highest BCUT2D eigenvalue weighted by Gasteiger charge is 2.18. The highest BCUT2D eigenvalue weighted by atomic mass is 79.9. The second-order valence-electron chi connectivity index (χ2n) is 2.83. The zero-order chi connectivity index (χ0) is 11.0. The first-order chi connectivity index (χ1) is 7.13. The van der Waals surface area contributed by atoms with Crippen LogP contribution in [0.3, 0.4) is 0 Å².